The average molecular weight is 296 g/mol. The minimum Gasteiger partial charge on any atom is -0.397 e. The lowest BCUT2D eigenvalue weighted by Crippen LogP contribution is -2.46. The molecule has 2 N–H and O–H groups in total. The molecule has 4 nitrogen and oxygen atoms in total. The summed E-state index contributed by atoms with van der Waals surface area (Å²) >= 11 is 0. The number of hydrogen-bond acceptors (Lipinski definition) is 4. The summed E-state index contributed by atoms with van der Waals surface area (Å²) < 4.78 is 23.1. The van der Waals surface area contributed by atoms with Gasteiger partial charge in [0.2, 0.25) is 0 Å². The molecule has 0 amide bonds. The number of nitrogen functional groups attached to an aromatic ring is 1. The Morgan fingerprint density at radius 3 is 2.45 bits per heavy atom. The Hall–Kier alpha value is -1.23. The fourth-order valence-electron chi connectivity index (χ4n) is 3.06. The van der Waals surface area contributed by atoms with Crippen LogP contribution in [-0.4, -0.2) is 27.3 Å². The van der Waals surface area contributed by atoms with Gasteiger partial charge in [0.15, 0.2) is 9.84 Å². The van der Waals surface area contributed by atoms with Gasteiger partial charge in [-0.1, -0.05) is 13.8 Å². The standard InChI is InChI=1S/C15H24N2O2S/c1-10-7-11(2)12(3)17(9-10)15-6-5-13(8-14(15)16)20(4,18)19/h5-6,8,10-12H,7,9,16H2,1-4H3. The Balaban J connectivity index is 2.38. The first-order valence-electron chi connectivity index (χ1n) is 7.06. The minimum absolute atomic E-state index is 0.282. The fraction of sp³-hybridized carbons (Fsp3) is 0.600. The molecular weight excluding hydrogens is 272 g/mol. The van der Waals surface area contributed by atoms with Crippen LogP contribution in [0.3, 0.4) is 0 Å². The van der Waals surface area contributed by atoms with Crippen LogP contribution in [0, 0.1) is 11.8 Å². The predicted molar refractivity (Wildman–Crippen MR) is 83.7 cm³/mol. The maximum absolute atomic E-state index is 11.6. The monoisotopic (exact) mass is 296 g/mol. The molecule has 1 aliphatic heterocycles. The van der Waals surface area contributed by atoms with Crippen LogP contribution in [-0.2, 0) is 9.84 Å². The summed E-state index contributed by atoms with van der Waals surface area (Å²) in [6.45, 7) is 7.68. The summed E-state index contributed by atoms with van der Waals surface area (Å²) in [6, 6.07) is 5.48. The van der Waals surface area contributed by atoms with Crippen molar-refractivity contribution in [1.29, 1.82) is 0 Å². The second-order valence-corrected chi connectivity index (χ2v) is 8.22. The van der Waals surface area contributed by atoms with Crippen molar-refractivity contribution in [2.75, 3.05) is 23.4 Å². The second kappa shape index (κ2) is 5.28. The number of sulfone groups is 1. The molecule has 3 atom stereocenters. The second-order valence-electron chi connectivity index (χ2n) is 6.20. The summed E-state index contributed by atoms with van der Waals surface area (Å²) in [5, 5.41) is 0. The van der Waals surface area contributed by atoms with Crippen molar-refractivity contribution in [2.24, 2.45) is 11.8 Å². The molecule has 0 aromatic heterocycles. The van der Waals surface area contributed by atoms with E-state index in [1.807, 2.05) is 6.07 Å². The number of nitrogens with zero attached hydrogens (tertiary/aromatic N) is 1. The van der Waals surface area contributed by atoms with E-state index in [0.717, 1.165) is 12.2 Å². The fourth-order valence-corrected chi connectivity index (χ4v) is 3.71. The summed E-state index contributed by atoms with van der Waals surface area (Å²) in [6.07, 6.45) is 2.42. The molecule has 1 saturated heterocycles. The first-order chi connectivity index (χ1) is 9.20. The van der Waals surface area contributed by atoms with Crippen LogP contribution < -0.4 is 10.6 Å². The first kappa shape index (κ1) is 15.2. The quantitative estimate of drug-likeness (QED) is 0.852. The molecule has 0 radical (unpaired) electrons. The maximum Gasteiger partial charge on any atom is 0.175 e. The Morgan fingerprint density at radius 1 is 1.25 bits per heavy atom. The smallest absolute Gasteiger partial charge is 0.175 e. The van der Waals surface area contributed by atoms with E-state index in [-0.39, 0.29) is 4.90 Å². The predicted octanol–water partition coefficient (Wildman–Crippen LogP) is 2.54. The van der Waals surface area contributed by atoms with Crippen LogP contribution >= 0.6 is 0 Å². The third-order valence-corrected chi connectivity index (χ3v) is 5.44. The van der Waals surface area contributed by atoms with Gasteiger partial charge in [-0.3, -0.25) is 0 Å². The van der Waals surface area contributed by atoms with E-state index in [2.05, 4.69) is 25.7 Å². The minimum atomic E-state index is -3.21. The number of nitrogens with two attached hydrogens (primary N) is 1. The third kappa shape index (κ3) is 2.92. The lowest BCUT2D eigenvalue weighted by molar-refractivity contribution is 0.297. The van der Waals surface area contributed by atoms with Gasteiger partial charge in [0.05, 0.1) is 16.3 Å². The zero-order chi connectivity index (χ0) is 15.1. The number of benzene rings is 1. The Morgan fingerprint density at radius 2 is 1.90 bits per heavy atom. The Labute approximate surface area is 121 Å². The van der Waals surface area contributed by atoms with Crippen molar-refractivity contribution < 1.29 is 8.42 Å². The van der Waals surface area contributed by atoms with Crippen molar-refractivity contribution in [3.05, 3.63) is 18.2 Å². The number of hydrogen-bond donors (Lipinski definition) is 1. The highest BCUT2D eigenvalue weighted by molar-refractivity contribution is 7.90. The summed E-state index contributed by atoms with van der Waals surface area (Å²) in [5.41, 5.74) is 7.59. The zero-order valence-corrected chi connectivity index (χ0v) is 13.4. The van der Waals surface area contributed by atoms with Crippen LogP contribution in [0.5, 0.6) is 0 Å². The van der Waals surface area contributed by atoms with Gasteiger partial charge in [0.1, 0.15) is 0 Å². The van der Waals surface area contributed by atoms with E-state index in [4.69, 9.17) is 5.73 Å². The van der Waals surface area contributed by atoms with E-state index in [0.29, 0.717) is 23.6 Å². The highest BCUT2D eigenvalue weighted by atomic mass is 32.2. The van der Waals surface area contributed by atoms with Gasteiger partial charge in [-0.2, -0.15) is 0 Å². The van der Waals surface area contributed by atoms with Crippen molar-refractivity contribution in [2.45, 2.75) is 38.1 Å². The van der Waals surface area contributed by atoms with Gasteiger partial charge >= 0.3 is 0 Å². The number of piperidine rings is 1. The molecule has 112 valence electrons. The largest absolute Gasteiger partial charge is 0.397 e. The highest BCUT2D eigenvalue weighted by Crippen LogP contribution is 2.35. The molecule has 0 bridgehead atoms. The first-order valence-corrected chi connectivity index (χ1v) is 8.95. The topological polar surface area (TPSA) is 63.4 Å². The summed E-state index contributed by atoms with van der Waals surface area (Å²) in [4.78, 5) is 2.59. The summed E-state index contributed by atoms with van der Waals surface area (Å²) in [7, 11) is -3.21. The van der Waals surface area contributed by atoms with Crippen LogP contribution in [0.15, 0.2) is 23.1 Å². The van der Waals surface area contributed by atoms with Gasteiger partial charge in [0, 0.05) is 18.8 Å². The zero-order valence-electron chi connectivity index (χ0n) is 12.6. The van der Waals surface area contributed by atoms with Gasteiger partial charge in [0.25, 0.3) is 0 Å². The molecule has 1 aliphatic rings. The van der Waals surface area contributed by atoms with Crippen molar-refractivity contribution in [3.63, 3.8) is 0 Å². The van der Waals surface area contributed by atoms with Crippen LogP contribution in [0.1, 0.15) is 27.2 Å². The summed E-state index contributed by atoms with van der Waals surface area (Å²) in [5.74, 6) is 1.22. The molecule has 3 unspecified atom stereocenters. The SMILES string of the molecule is CC1CC(C)C(C)N(c2ccc(S(C)(=O)=O)cc2N)C1. The molecule has 5 heteroatoms. The van der Waals surface area contributed by atoms with E-state index >= 15 is 0 Å². The van der Waals surface area contributed by atoms with Crippen LogP contribution in [0.2, 0.25) is 0 Å². The Bertz CT molecular complexity index is 598. The normalized spacial score (nSPS) is 27.6. The van der Waals surface area contributed by atoms with E-state index < -0.39 is 9.84 Å². The molecule has 1 heterocycles. The van der Waals surface area contributed by atoms with Crippen molar-refractivity contribution in [1.82, 2.24) is 0 Å². The highest BCUT2D eigenvalue weighted by Gasteiger charge is 2.30. The maximum atomic E-state index is 11.6. The van der Waals surface area contributed by atoms with E-state index in [1.54, 1.807) is 12.1 Å². The van der Waals surface area contributed by atoms with Crippen molar-refractivity contribution in [3.8, 4) is 0 Å². The van der Waals surface area contributed by atoms with Gasteiger partial charge in [-0.15, -0.1) is 0 Å². The van der Waals surface area contributed by atoms with Crippen molar-refractivity contribution >= 4 is 21.2 Å². The van der Waals surface area contributed by atoms with Crippen LogP contribution in [0.4, 0.5) is 11.4 Å². The number of rotatable bonds is 2. The molecule has 0 aliphatic carbocycles. The average Bonchev–Trinajstić information content (AvgIpc) is 2.33. The molecule has 0 spiro atoms. The lowest BCUT2D eigenvalue weighted by atomic mass is 9.85. The van der Waals surface area contributed by atoms with Gasteiger partial charge < -0.3 is 10.6 Å². The third-order valence-electron chi connectivity index (χ3n) is 4.33. The van der Waals surface area contributed by atoms with Gasteiger partial charge in [-0.25, -0.2) is 8.42 Å². The molecule has 2 rings (SSSR count). The Kier molecular flexibility index (Phi) is 4.00. The van der Waals surface area contributed by atoms with E-state index in [9.17, 15) is 8.42 Å². The van der Waals surface area contributed by atoms with E-state index in [1.165, 1.54) is 12.7 Å². The molecular formula is C15H24N2O2S. The lowest BCUT2D eigenvalue weighted by Gasteiger charge is -2.43. The molecule has 0 saturated carbocycles. The molecule has 1 aromatic rings. The van der Waals surface area contributed by atoms with Gasteiger partial charge in [-0.05, 0) is 43.4 Å². The number of anilines is 2. The molecule has 1 aromatic carbocycles. The molecule has 20 heavy (non-hydrogen) atoms. The van der Waals surface area contributed by atoms with Crippen LogP contribution in [0.25, 0.3) is 0 Å². The molecule has 1 fully saturated rings.